The molecule has 0 unspecified atom stereocenters. The average molecular weight is 234 g/mol. The first-order valence-electron chi connectivity index (χ1n) is 5.34. The van der Waals surface area contributed by atoms with Gasteiger partial charge in [0, 0.05) is 11.8 Å². The zero-order valence-electron chi connectivity index (χ0n) is 10.0. The molecule has 0 heterocycles. The lowest BCUT2D eigenvalue weighted by Crippen LogP contribution is -2.13. The van der Waals surface area contributed by atoms with Gasteiger partial charge in [-0.05, 0) is 32.0 Å². The number of carbonyl (C=O) groups excluding carboxylic acids is 1. The second-order valence-corrected chi connectivity index (χ2v) is 3.64. The molecule has 1 aromatic carbocycles. The molecule has 91 valence electrons. The summed E-state index contributed by atoms with van der Waals surface area (Å²) in [6, 6.07) is 7.94. The number of nitrogens with one attached hydrogen (secondary N) is 1. The molecule has 4 nitrogen and oxygen atoms in total. The first-order chi connectivity index (χ1) is 8.11. The van der Waals surface area contributed by atoms with E-state index in [1.54, 1.807) is 18.2 Å². The van der Waals surface area contributed by atoms with Gasteiger partial charge in [-0.15, -0.1) is 0 Å². The van der Waals surface area contributed by atoms with Gasteiger partial charge in [0.25, 0.3) is 0 Å². The Morgan fingerprint density at radius 1 is 1.59 bits per heavy atom. The quantitative estimate of drug-likeness (QED) is 0.797. The van der Waals surface area contributed by atoms with E-state index in [-0.39, 0.29) is 12.7 Å². The van der Waals surface area contributed by atoms with Crippen LogP contribution >= 0.6 is 0 Å². The summed E-state index contributed by atoms with van der Waals surface area (Å²) in [6.07, 6.45) is 1.05. The predicted octanol–water partition coefficient (Wildman–Crippen LogP) is 3.01. The summed E-state index contributed by atoms with van der Waals surface area (Å²) in [5.41, 5.74) is 0.581. The van der Waals surface area contributed by atoms with Crippen molar-refractivity contribution in [3.8, 4) is 5.75 Å². The Hall–Kier alpha value is -1.97. The van der Waals surface area contributed by atoms with Crippen molar-refractivity contribution in [1.82, 2.24) is 0 Å². The van der Waals surface area contributed by atoms with Crippen LogP contribution in [0.4, 0.5) is 10.5 Å². The largest absolute Gasteiger partial charge is 0.491 e. The lowest BCUT2D eigenvalue weighted by molar-refractivity contribution is 0.174. The highest BCUT2D eigenvalue weighted by Gasteiger charge is 2.04. The van der Waals surface area contributed by atoms with Crippen LogP contribution in [0.25, 0.3) is 0 Å². The molecule has 0 fully saturated rings. The van der Waals surface area contributed by atoms with Crippen LogP contribution in [-0.4, -0.2) is 18.8 Å². The molecule has 0 bridgehead atoms. The van der Waals surface area contributed by atoms with Crippen molar-refractivity contribution in [2.75, 3.05) is 11.9 Å². The topological polar surface area (TPSA) is 47.6 Å². The summed E-state index contributed by atoms with van der Waals surface area (Å²) in [7, 11) is 0. The maximum atomic E-state index is 11.3. The number of hydrogen-bond acceptors (Lipinski definition) is 3. The van der Waals surface area contributed by atoms with Crippen LogP contribution in [0.1, 0.15) is 13.8 Å². The van der Waals surface area contributed by atoms with Gasteiger partial charge in [0.15, 0.2) is 0 Å². The molecule has 17 heavy (non-hydrogen) atoms. The number of benzene rings is 1. The third-order valence-corrected chi connectivity index (χ3v) is 1.71. The van der Waals surface area contributed by atoms with Gasteiger partial charge in [-0.3, -0.25) is 5.32 Å². The monoisotopic (exact) mass is 234 g/mol. The standard InChI is InChI=1S/C13H16NO3/c1-4-8-16-13(15)14-11-6-5-7-12(9-11)17-10(2)3/h4,6-7,9-10H,1,8H2,2-3H3,(H,14,15). The number of rotatable bonds is 5. The minimum Gasteiger partial charge on any atom is -0.491 e. The van der Waals surface area contributed by atoms with Gasteiger partial charge < -0.3 is 9.47 Å². The fourth-order valence-corrected chi connectivity index (χ4v) is 1.15. The zero-order valence-corrected chi connectivity index (χ0v) is 10.0. The van der Waals surface area contributed by atoms with E-state index in [9.17, 15) is 4.79 Å². The molecular formula is C13H16NO3. The van der Waals surface area contributed by atoms with E-state index in [4.69, 9.17) is 9.47 Å². The van der Waals surface area contributed by atoms with E-state index >= 15 is 0 Å². The molecule has 0 aliphatic rings. The highest BCUT2D eigenvalue weighted by molar-refractivity contribution is 5.84. The van der Waals surface area contributed by atoms with Gasteiger partial charge in [0.2, 0.25) is 0 Å². The van der Waals surface area contributed by atoms with E-state index in [0.29, 0.717) is 11.4 Å². The van der Waals surface area contributed by atoms with Crippen molar-refractivity contribution >= 4 is 11.8 Å². The molecule has 0 aliphatic carbocycles. The van der Waals surface area contributed by atoms with Gasteiger partial charge in [-0.25, -0.2) is 4.79 Å². The highest BCUT2D eigenvalue weighted by atomic mass is 16.5. The summed E-state index contributed by atoms with van der Waals surface area (Å²) in [5.74, 6) is 0.654. The van der Waals surface area contributed by atoms with Gasteiger partial charge >= 0.3 is 6.09 Å². The van der Waals surface area contributed by atoms with Crippen LogP contribution in [0.3, 0.4) is 0 Å². The summed E-state index contributed by atoms with van der Waals surface area (Å²) in [4.78, 5) is 11.3. The maximum absolute atomic E-state index is 11.3. The Kier molecular flexibility index (Phi) is 5.07. The van der Waals surface area contributed by atoms with E-state index in [2.05, 4.69) is 18.0 Å². The summed E-state index contributed by atoms with van der Waals surface area (Å²) < 4.78 is 10.3. The normalized spacial score (nSPS) is 9.82. The molecule has 1 amide bonds. The Balaban J connectivity index is 2.58. The summed E-state index contributed by atoms with van der Waals surface area (Å²) >= 11 is 0. The third-order valence-electron chi connectivity index (χ3n) is 1.71. The molecule has 0 saturated carbocycles. The number of hydrogen-bond donors (Lipinski definition) is 1. The van der Waals surface area contributed by atoms with Crippen LogP contribution in [-0.2, 0) is 4.74 Å². The molecule has 0 atom stereocenters. The molecule has 1 N–H and O–H groups in total. The molecule has 0 spiro atoms. The zero-order chi connectivity index (χ0) is 12.7. The van der Waals surface area contributed by atoms with Crippen molar-refractivity contribution < 1.29 is 14.3 Å². The SMILES string of the molecule is C=CCOC(=O)Nc1c[c]cc(OC(C)C)c1. The van der Waals surface area contributed by atoms with Crippen molar-refractivity contribution in [3.63, 3.8) is 0 Å². The van der Waals surface area contributed by atoms with Crippen molar-refractivity contribution in [2.24, 2.45) is 0 Å². The number of carbonyl (C=O) groups is 1. The molecule has 1 aromatic rings. The molecule has 0 saturated heterocycles. The number of amides is 1. The predicted molar refractivity (Wildman–Crippen MR) is 66.2 cm³/mol. The molecule has 4 heteroatoms. The van der Waals surface area contributed by atoms with Crippen LogP contribution in [0, 0.1) is 6.07 Å². The van der Waals surface area contributed by atoms with Gasteiger partial charge in [-0.2, -0.15) is 0 Å². The maximum Gasteiger partial charge on any atom is 0.411 e. The summed E-state index contributed by atoms with van der Waals surface area (Å²) in [6.45, 7) is 7.49. The van der Waals surface area contributed by atoms with E-state index in [1.165, 1.54) is 6.08 Å². The van der Waals surface area contributed by atoms with Crippen LogP contribution in [0.5, 0.6) is 5.75 Å². The minimum absolute atomic E-state index is 0.0753. The fourth-order valence-electron chi connectivity index (χ4n) is 1.15. The lowest BCUT2D eigenvalue weighted by atomic mass is 10.3. The third kappa shape index (κ3) is 5.06. The van der Waals surface area contributed by atoms with Gasteiger partial charge in [0.1, 0.15) is 12.4 Å². The molecule has 0 aromatic heterocycles. The van der Waals surface area contributed by atoms with E-state index in [1.807, 2.05) is 13.8 Å². The van der Waals surface area contributed by atoms with Crippen LogP contribution in [0.2, 0.25) is 0 Å². The Bertz CT molecular complexity index is 388. The fraction of sp³-hybridized carbons (Fsp3) is 0.308. The number of ether oxygens (including phenoxy) is 2. The highest BCUT2D eigenvalue weighted by Crippen LogP contribution is 2.18. The second-order valence-electron chi connectivity index (χ2n) is 3.64. The Morgan fingerprint density at radius 3 is 3.00 bits per heavy atom. The van der Waals surface area contributed by atoms with E-state index in [0.717, 1.165) is 0 Å². The summed E-state index contributed by atoms with van der Waals surface area (Å²) in [5, 5.41) is 2.57. The lowest BCUT2D eigenvalue weighted by Gasteiger charge is -2.11. The smallest absolute Gasteiger partial charge is 0.411 e. The molecule has 1 radical (unpaired) electrons. The first kappa shape index (κ1) is 13.1. The van der Waals surface area contributed by atoms with E-state index < -0.39 is 6.09 Å². The van der Waals surface area contributed by atoms with Crippen molar-refractivity contribution in [2.45, 2.75) is 20.0 Å². The van der Waals surface area contributed by atoms with Crippen LogP contribution < -0.4 is 10.1 Å². The first-order valence-corrected chi connectivity index (χ1v) is 5.34. The Labute approximate surface area is 101 Å². The average Bonchev–Trinajstić information content (AvgIpc) is 2.26. The van der Waals surface area contributed by atoms with Gasteiger partial charge in [-0.1, -0.05) is 12.7 Å². The van der Waals surface area contributed by atoms with Crippen molar-refractivity contribution in [3.05, 3.63) is 36.9 Å². The minimum atomic E-state index is -0.528. The molecule has 0 aliphatic heterocycles. The van der Waals surface area contributed by atoms with Crippen LogP contribution in [0.15, 0.2) is 30.9 Å². The molecule has 1 rings (SSSR count). The second kappa shape index (κ2) is 6.58. The molecular weight excluding hydrogens is 218 g/mol. The van der Waals surface area contributed by atoms with Gasteiger partial charge in [0.05, 0.1) is 6.10 Å². The Morgan fingerprint density at radius 2 is 2.35 bits per heavy atom. The number of anilines is 1. The van der Waals surface area contributed by atoms with Crippen molar-refractivity contribution in [1.29, 1.82) is 0 Å².